The van der Waals surface area contributed by atoms with Crippen molar-refractivity contribution in [2.24, 2.45) is 0 Å². The van der Waals surface area contributed by atoms with E-state index in [1.807, 2.05) is 0 Å². The summed E-state index contributed by atoms with van der Waals surface area (Å²) in [4.78, 5) is 22.6. The van der Waals surface area contributed by atoms with E-state index in [0.29, 0.717) is 16.8 Å². The fourth-order valence-electron chi connectivity index (χ4n) is 2.52. The highest BCUT2D eigenvalue weighted by Crippen LogP contribution is 2.29. The number of carbonyl (C=O) groups excluding carboxylic acids is 1. The number of aromatic amines is 1. The molecule has 0 atom stereocenters. The normalized spacial score (nSPS) is 11.2. The maximum atomic E-state index is 12.6. The van der Waals surface area contributed by atoms with Gasteiger partial charge in [-0.05, 0) is 29.8 Å². The van der Waals surface area contributed by atoms with Crippen LogP contribution in [0.1, 0.15) is 21.5 Å². The SMILES string of the molecule is O=C(NCc1ccc(C(F)(F)F)cc1)c1cn[nH]c1-c1ccc([N+](=O)[O-])cc1. The molecule has 144 valence electrons. The third-order valence-corrected chi connectivity index (χ3v) is 3.99. The highest BCUT2D eigenvalue weighted by atomic mass is 19.4. The molecule has 7 nitrogen and oxygen atoms in total. The molecule has 0 saturated heterocycles. The molecular formula is C18H13F3N4O3. The van der Waals surface area contributed by atoms with Gasteiger partial charge in [-0.2, -0.15) is 18.3 Å². The van der Waals surface area contributed by atoms with Gasteiger partial charge in [-0.15, -0.1) is 0 Å². The zero-order chi connectivity index (χ0) is 20.3. The van der Waals surface area contributed by atoms with Crippen molar-refractivity contribution < 1.29 is 22.9 Å². The standard InChI is InChI=1S/C18H13F3N4O3/c19-18(20,21)13-5-1-11(2-6-13)9-22-17(26)15-10-23-24-16(15)12-3-7-14(8-4-12)25(27)28/h1-8,10H,9H2,(H,22,26)(H,23,24). The fraction of sp³-hybridized carbons (Fsp3) is 0.111. The molecule has 0 unspecified atom stereocenters. The predicted molar refractivity (Wildman–Crippen MR) is 93.3 cm³/mol. The minimum atomic E-state index is -4.42. The minimum Gasteiger partial charge on any atom is -0.348 e. The second-order valence-corrected chi connectivity index (χ2v) is 5.84. The van der Waals surface area contributed by atoms with Gasteiger partial charge in [0.15, 0.2) is 0 Å². The number of nitro groups is 1. The first-order valence-corrected chi connectivity index (χ1v) is 7.98. The van der Waals surface area contributed by atoms with Gasteiger partial charge in [0.25, 0.3) is 11.6 Å². The van der Waals surface area contributed by atoms with Crippen LogP contribution in [0.3, 0.4) is 0 Å². The molecule has 0 saturated carbocycles. The lowest BCUT2D eigenvalue weighted by Crippen LogP contribution is -2.23. The van der Waals surface area contributed by atoms with Gasteiger partial charge in [-0.3, -0.25) is 20.0 Å². The molecule has 3 rings (SSSR count). The summed E-state index contributed by atoms with van der Waals surface area (Å²) in [5.41, 5.74) is 0.763. The quantitative estimate of drug-likeness (QED) is 0.509. The molecule has 3 aromatic rings. The predicted octanol–water partition coefficient (Wildman–Crippen LogP) is 3.93. The number of benzene rings is 2. The summed E-state index contributed by atoms with van der Waals surface area (Å²) in [5.74, 6) is -0.484. The third-order valence-electron chi connectivity index (χ3n) is 3.99. The van der Waals surface area contributed by atoms with Crippen molar-refractivity contribution in [2.45, 2.75) is 12.7 Å². The summed E-state index contributed by atoms with van der Waals surface area (Å²) in [6.45, 7) is 0.0296. The molecule has 10 heteroatoms. The maximum Gasteiger partial charge on any atom is 0.416 e. The Hall–Kier alpha value is -3.69. The summed E-state index contributed by atoms with van der Waals surface area (Å²) in [7, 11) is 0. The maximum absolute atomic E-state index is 12.6. The van der Waals surface area contributed by atoms with Crippen molar-refractivity contribution in [3.8, 4) is 11.3 Å². The number of non-ortho nitro benzene ring substituents is 1. The van der Waals surface area contributed by atoms with Gasteiger partial charge < -0.3 is 5.32 Å². The van der Waals surface area contributed by atoms with Crippen LogP contribution in [0.2, 0.25) is 0 Å². The van der Waals surface area contributed by atoms with Gasteiger partial charge >= 0.3 is 6.18 Å². The molecule has 0 aliphatic carbocycles. The molecule has 0 bridgehead atoms. The van der Waals surface area contributed by atoms with Gasteiger partial charge in [0.2, 0.25) is 0 Å². The van der Waals surface area contributed by atoms with Crippen molar-refractivity contribution in [3.63, 3.8) is 0 Å². The van der Waals surface area contributed by atoms with Crippen LogP contribution in [-0.2, 0) is 12.7 Å². The summed E-state index contributed by atoms with van der Waals surface area (Å²) >= 11 is 0. The number of nitrogens with zero attached hydrogens (tertiary/aromatic N) is 2. The lowest BCUT2D eigenvalue weighted by molar-refractivity contribution is -0.384. The Balaban J connectivity index is 1.70. The second-order valence-electron chi connectivity index (χ2n) is 5.84. The van der Waals surface area contributed by atoms with Gasteiger partial charge in [0.05, 0.1) is 27.9 Å². The zero-order valence-corrected chi connectivity index (χ0v) is 14.2. The Morgan fingerprint density at radius 1 is 1.11 bits per heavy atom. The summed E-state index contributed by atoms with van der Waals surface area (Å²) < 4.78 is 37.7. The van der Waals surface area contributed by atoms with Crippen LogP contribution in [0, 0.1) is 10.1 Å². The minimum absolute atomic E-state index is 0.0296. The van der Waals surface area contributed by atoms with E-state index in [2.05, 4.69) is 15.5 Å². The van der Waals surface area contributed by atoms with Crippen LogP contribution >= 0.6 is 0 Å². The fourth-order valence-corrected chi connectivity index (χ4v) is 2.52. The van der Waals surface area contributed by atoms with Gasteiger partial charge in [0, 0.05) is 24.2 Å². The lowest BCUT2D eigenvalue weighted by atomic mass is 10.1. The van der Waals surface area contributed by atoms with Gasteiger partial charge in [-0.25, -0.2) is 0 Å². The topological polar surface area (TPSA) is 101 Å². The van der Waals surface area contributed by atoms with Gasteiger partial charge in [-0.1, -0.05) is 12.1 Å². The number of rotatable bonds is 5. The van der Waals surface area contributed by atoms with Crippen LogP contribution < -0.4 is 5.32 Å². The molecule has 2 N–H and O–H groups in total. The average molecular weight is 390 g/mol. The number of hydrogen-bond acceptors (Lipinski definition) is 4. The van der Waals surface area contributed by atoms with Crippen molar-refractivity contribution in [2.75, 3.05) is 0 Å². The molecular weight excluding hydrogens is 377 g/mol. The molecule has 28 heavy (non-hydrogen) atoms. The van der Waals surface area contributed by atoms with E-state index in [0.717, 1.165) is 12.1 Å². The van der Waals surface area contributed by atoms with E-state index >= 15 is 0 Å². The van der Waals surface area contributed by atoms with E-state index in [-0.39, 0.29) is 17.8 Å². The van der Waals surface area contributed by atoms with E-state index in [4.69, 9.17) is 0 Å². The van der Waals surface area contributed by atoms with Crippen LogP contribution in [0.4, 0.5) is 18.9 Å². The number of hydrogen-bond donors (Lipinski definition) is 2. The smallest absolute Gasteiger partial charge is 0.348 e. The molecule has 1 amide bonds. The molecule has 0 fully saturated rings. The molecule has 1 heterocycles. The third kappa shape index (κ3) is 4.17. The van der Waals surface area contributed by atoms with Crippen LogP contribution in [0.25, 0.3) is 11.3 Å². The highest BCUT2D eigenvalue weighted by molar-refractivity contribution is 5.99. The van der Waals surface area contributed by atoms with Crippen molar-refractivity contribution in [3.05, 3.63) is 81.5 Å². The number of aromatic nitrogens is 2. The second kappa shape index (κ2) is 7.51. The number of nitro benzene ring substituents is 1. The average Bonchev–Trinajstić information content (AvgIpc) is 3.15. The molecule has 0 aliphatic rings. The zero-order valence-electron chi connectivity index (χ0n) is 14.2. The molecule has 0 radical (unpaired) electrons. The number of H-pyrrole nitrogens is 1. The first-order chi connectivity index (χ1) is 13.3. The Kier molecular flexibility index (Phi) is 5.12. The van der Waals surface area contributed by atoms with Crippen molar-refractivity contribution >= 4 is 11.6 Å². The van der Waals surface area contributed by atoms with E-state index < -0.39 is 22.6 Å². The summed E-state index contributed by atoms with van der Waals surface area (Å²) in [6, 6.07) is 10.0. The molecule has 1 aromatic heterocycles. The molecule has 0 aliphatic heterocycles. The lowest BCUT2D eigenvalue weighted by Gasteiger charge is -2.09. The molecule has 0 spiro atoms. The summed E-state index contributed by atoms with van der Waals surface area (Å²) in [5, 5.41) is 19.8. The first kappa shape index (κ1) is 19.1. The van der Waals surface area contributed by atoms with E-state index in [1.54, 1.807) is 0 Å². The highest BCUT2D eigenvalue weighted by Gasteiger charge is 2.29. The van der Waals surface area contributed by atoms with Crippen LogP contribution in [0.15, 0.2) is 54.7 Å². The number of alkyl halides is 3. The summed E-state index contributed by atoms with van der Waals surface area (Å²) in [6.07, 6.45) is -3.11. The largest absolute Gasteiger partial charge is 0.416 e. The number of halogens is 3. The van der Waals surface area contributed by atoms with Crippen molar-refractivity contribution in [1.82, 2.24) is 15.5 Å². The van der Waals surface area contributed by atoms with Crippen molar-refractivity contribution in [1.29, 1.82) is 0 Å². The number of carbonyl (C=O) groups is 1. The Bertz CT molecular complexity index is 996. The molecule has 2 aromatic carbocycles. The Morgan fingerprint density at radius 2 is 1.75 bits per heavy atom. The van der Waals surface area contributed by atoms with E-state index in [9.17, 15) is 28.1 Å². The Labute approximate surface area is 156 Å². The van der Waals surface area contributed by atoms with E-state index in [1.165, 1.54) is 42.6 Å². The first-order valence-electron chi connectivity index (χ1n) is 7.98. The Morgan fingerprint density at radius 3 is 2.32 bits per heavy atom. The number of nitrogens with one attached hydrogen (secondary N) is 2. The number of amides is 1. The van der Waals surface area contributed by atoms with Gasteiger partial charge in [0.1, 0.15) is 0 Å². The monoisotopic (exact) mass is 390 g/mol. The van der Waals surface area contributed by atoms with Crippen LogP contribution in [0.5, 0.6) is 0 Å². The van der Waals surface area contributed by atoms with Crippen LogP contribution in [-0.4, -0.2) is 21.0 Å².